The number of rotatable bonds is 6. The Morgan fingerprint density at radius 3 is 1.25 bits per heavy atom. The van der Waals surface area contributed by atoms with Crippen molar-refractivity contribution in [2.75, 3.05) is 0 Å². The van der Waals surface area contributed by atoms with E-state index in [0.717, 1.165) is 22.6 Å². The van der Waals surface area contributed by atoms with Gasteiger partial charge in [0.2, 0.25) is 0 Å². The van der Waals surface area contributed by atoms with Crippen LogP contribution in [0, 0.1) is 0 Å². The van der Waals surface area contributed by atoms with Gasteiger partial charge in [0.1, 0.15) is 0 Å². The Kier molecular flexibility index (Phi) is 7.32. The van der Waals surface area contributed by atoms with Gasteiger partial charge in [-0.1, -0.05) is 114 Å². The molecule has 36 heavy (non-hydrogen) atoms. The highest BCUT2D eigenvalue weighted by Gasteiger charge is 2.15. The number of aliphatic imine (C=N–C) groups is 2. The molecule has 0 spiro atoms. The molecule has 0 atom stereocenters. The van der Waals surface area contributed by atoms with Gasteiger partial charge < -0.3 is 0 Å². The average molecular weight is 506 g/mol. The summed E-state index contributed by atoms with van der Waals surface area (Å²) in [6.07, 6.45) is 0. The summed E-state index contributed by atoms with van der Waals surface area (Å²) in [7, 11) is 0. The minimum Gasteiger partial charge on any atom is -0.245 e. The van der Waals surface area contributed by atoms with E-state index in [4.69, 9.17) is 38.2 Å². The lowest BCUT2D eigenvalue weighted by atomic mass is 10.0. The zero-order valence-corrected chi connectivity index (χ0v) is 20.7. The van der Waals surface area contributed by atoms with Crippen LogP contribution in [0.5, 0.6) is 0 Å². The Labute approximate surface area is 220 Å². The molecule has 5 rings (SSSR count). The van der Waals surface area contributed by atoms with Crippen LogP contribution in [0.25, 0.3) is 0 Å². The molecule has 0 saturated heterocycles. The van der Waals surface area contributed by atoms with Crippen LogP contribution in [0.15, 0.2) is 137 Å². The van der Waals surface area contributed by atoms with Gasteiger partial charge in [0.15, 0.2) is 0 Å². The fraction of sp³-hybridized carbons (Fsp3) is 0. The van der Waals surface area contributed by atoms with Crippen LogP contribution in [0.2, 0.25) is 10.0 Å². The van der Waals surface area contributed by atoms with Crippen LogP contribution in [0.4, 0.5) is 11.4 Å². The van der Waals surface area contributed by atoms with Crippen molar-refractivity contribution in [3.05, 3.63) is 160 Å². The number of aromatic nitrogens is 1. The third-order valence-corrected chi connectivity index (χ3v) is 6.14. The molecule has 4 aromatic carbocycles. The van der Waals surface area contributed by atoms with Gasteiger partial charge in [0.05, 0.1) is 44.2 Å². The summed E-state index contributed by atoms with van der Waals surface area (Å²) in [6.45, 7) is 0. The second-order valence-electron chi connectivity index (χ2n) is 7.96. The van der Waals surface area contributed by atoms with Gasteiger partial charge >= 0.3 is 0 Å². The van der Waals surface area contributed by atoms with E-state index in [1.807, 2.05) is 127 Å². The summed E-state index contributed by atoms with van der Waals surface area (Å²) in [6, 6.07) is 40.9. The highest BCUT2D eigenvalue weighted by Crippen LogP contribution is 2.28. The second-order valence-corrected chi connectivity index (χ2v) is 8.78. The molecule has 174 valence electrons. The highest BCUT2D eigenvalue weighted by atomic mass is 35.5. The Balaban J connectivity index is 1.69. The van der Waals surface area contributed by atoms with E-state index in [-0.39, 0.29) is 0 Å². The molecule has 0 fully saturated rings. The first kappa shape index (κ1) is 23.7. The van der Waals surface area contributed by atoms with E-state index in [0.29, 0.717) is 32.8 Å². The first-order valence-corrected chi connectivity index (χ1v) is 12.2. The van der Waals surface area contributed by atoms with Crippen molar-refractivity contribution in [1.29, 1.82) is 0 Å². The minimum absolute atomic E-state index is 0.576. The van der Waals surface area contributed by atoms with Crippen LogP contribution >= 0.6 is 23.2 Å². The predicted octanol–water partition coefficient (Wildman–Crippen LogP) is 8.73. The van der Waals surface area contributed by atoms with Crippen molar-refractivity contribution in [3.8, 4) is 0 Å². The molecule has 0 saturated carbocycles. The van der Waals surface area contributed by atoms with E-state index in [1.54, 1.807) is 0 Å². The molecule has 0 aliphatic carbocycles. The zero-order chi connectivity index (χ0) is 24.7. The van der Waals surface area contributed by atoms with Crippen molar-refractivity contribution >= 4 is 46.0 Å². The van der Waals surface area contributed by atoms with Gasteiger partial charge in [-0.25, -0.2) is 15.0 Å². The van der Waals surface area contributed by atoms with E-state index in [1.165, 1.54) is 0 Å². The summed E-state index contributed by atoms with van der Waals surface area (Å²) < 4.78 is 0. The van der Waals surface area contributed by atoms with E-state index >= 15 is 0 Å². The molecule has 5 heteroatoms. The topological polar surface area (TPSA) is 37.6 Å². The molecule has 0 aliphatic rings. The third-order valence-electron chi connectivity index (χ3n) is 5.50. The molecular weight excluding hydrogens is 485 g/mol. The molecule has 0 aliphatic heterocycles. The Morgan fingerprint density at radius 2 is 0.833 bits per heavy atom. The smallest absolute Gasteiger partial charge is 0.0966 e. The molecular formula is C31H21Cl2N3. The average Bonchev–Trinajstić information content (AvgIpc) is 2.93. The van der Waals surface area contributed by atoms with Gasteiger partial charge in [-0.15, -0.1) is 0 Å². The summed E-state index contributed by atoms with van der Waals surface area (Å²) in [5.74, 6) is 0. The summed E-state index contributed by atoms with van der Waals surface area (Å²) in [5.41, 5.74) is 6.09. The SMILES string of the molecule is Clc1ccccc1/N=C(\c1ccccc1)c1cccc(/C(=N/c2ccccc2Cl)c2ccccc2)n1. The molecule has 0 N–H and O–H groups in total. The number of hydrogen-bond acceptors (Lipinski definition) is 3. The van der Waals surface area contributed by atoms with Crippen molar-refractivity contribution in [2.45, 2.75) is 0 Å². The standard InChI is InChI=1S/C31H21Cl2N3/c32-24-16-7-9-18-26(24)35-30(22-12-3-1-4-13-22)28-20-11-21-29(34-28)31(23-14-5-2-6-15-23)36-27-19-10-8-17-25(27)33/h1-21H/b35-30+,36-31+. The number of nitrogens with zero attached hydrogens (tertiary/aromatic N) is 3. The molecule has 0 unspecified atom stereocenters. The lowest BCUT2D eigenvalue weighted by Crippen LogP contribution is -2.11. The maximum Gasteiger partial charge on any atom is 0.0966 e. The van der Waals surface area contributed by atoms with Gasteiger partial charge in [-0.05, 0) is 36.4 Å². The molecule has 1 heterocycles. The zero-order valence-electron chi connectivity index (χ0n) is 19.2. The van der Waals surface area contributed by atoms with E-state index in [2.05, 4.69) is 0 Å². The Hall–Kier alpha value is -4.05. The number of para-hydroxylation sites is 2. The molecule has 0 radical (unpaired) electrons. The molecule has 5 aromatic rings. The van der Waals surface area contributed by atoms with E-state index < -0.39 is 0 Å². The van der Waals surface area contributed by atoms with Crippen molar-refractivity contribution in [3.63, 3.8) is 0 Å². The first-order valence-electron chi connectivity index (χ1n) is 11.4. The highest BCUT2D eigenvalue weighted by molar-refractivity contribution is 6.33. The molecule has 0 bridgehead atoms. The number of halogens is 2. The lowest BCUT2D eigenvalue weighted by Gasteiger charge is -2.12. The number of hydrogen-bond donors (Lipinski definition) is 0. The van der Waals surface area contributed by atoms with Gasteiger partial charge in [-0.2, -0.15) is 0 Å². The lowest BCUT2D eigenvalue weighted by molar-refractivity contribution is 1.24. The Morgan fingerprint density at radius 1 is 0.444 bits per heavy atom. The van der Waals surface area contributed by atoms with Gasteiger partial charge in [0.25, 0.3) is 0 Å². The largest absolute Gasteiger partial charge is 0.245 e. The van der Waals surface area contributed by atoms with E-state index in [9.17, 15) is 0 Å². The fourth-order valence-corrected chi connectivity index (χ4v) is 4.11. The Bertz CT molecular complexity index is 1430. The van der Waals surface area contributed by atoms with Crippen LogP contribution in [0.3, 0.4) is 0 Å². The maximum atomic E-state index is 6.45. The minimum atomic E-state index is 0.576. The fourth-order valence-electron chi connectivity index (χ4n) is 3.76. The van der Waals surface area contributed by atoms with Crippen molar-refractivity contribution in [1.82, 2.24) is 4.98 Å². The van der Waals surface area contributed by atoms with Crippen molar-refractivity contribution < 1.29 is 0 Å². The van der Waals surface area contributed by atoms with Crippen LogP contribution in [0.1, 0.15) is 22.5 Å². The molecule has 1 aromatic heterocycles. The first-order chi connectivity index (χ1) is 17.7. The summed E-state index contributed by atoms with van der Waals surface area (Å²) in [5, 5.41) is 1.15. The molecule has 0 amide bonds. The third kappa shape index (κ3) is 5.44. The van der Waals surface area contributed by atoms with Gasteiger partial charge in [0, 0.05) is 11.1 Å². The maximum absolute atomic E-state index is 6.45. The van der Waals surface area contributed by atoms with Crippen LogP contribution in [-0.2, 0) is 0 Å². The molecule has 3 nitrogen and oxygen atoms in total. The summed E-state index contributed by atoms with van der Waals surface area (Å²) >= 11 is 12.9. The number of benzene rings is 4. The second kappa shape index (κ2) is 11.1. The summed E-state index contributed by atoms with van der Waals surface area (Å²) in [4.78, 5) is 14.9. The predicted molar refractivity (Wildman–Crippen MR) is 151 cm³/mol. The normalized spacial score (nSPS) is 11.9. The van der Waals surface area contributed by atoms with Crippen LogP contribution in [-0.4, -0.2) is 16.4 Å². The number of pyridine rings is 1. The quantitative estimate of drug-likeness (QED) is 0.212. The van der Waals surface area contributed by atoms with Crippen molar-refractivity contribution in [2.24, 2.45) is 9.98 Å². The van der Waals surface area contributed by atoms with Gasteiger partial charge in [-0.3, -0.25) is 0 Å². The monoisotopic (exact) mass is 505 g/mol. The van der Waals surface area contributed by atoms with Crippen LogP contribution < -0.4 is 0 Å².